The Morgan fingerprint density at radius 1 is 1.28 bits per heavy atom. The van der Waals surface area contributed by atoms with Gasteiger partial charge in [0.1, 0.15) is 0 Å². The number of aliphatic carboxylic acids is 1. The molecule has 0 aliphatic rings. The first kappa shape index (κ1) is 14.7. The molecule has 1 atom stereocenters. The lowest BCUT2D eigenvalue weighted by molar-refractivity contribution is -0.140. The summed E-state index contributed by atoms with van der Waals surface area (Å²) in [6, 6.07) is 9.01. The predicted molar refractivity (Wildman–Crippen MR) is 68.7 cm³/mol. The molecule has 1 unspecified atom stereocenters. The quantitative estimate of drug-likeness (QED) is 0.831. The Bertz CT molecular complexity index is 496. The van der Waals surface area contributed by atoms with Gasteiger partial charge in [-0.25, -0.2) is 12.7 Å². The van der Waals surface area contributed by atoms with E-state index >= 15 is 0 Å². The van der Waals surface area contributed by atoms with E-state index in [9.17, 15) is 13.2 Å². The van der Waals surface area contributed by atoms with Crippen molar-refractivity contribution in [3.05, 3.63) is 35.9 Å². The molecule has 0 saturated heterocycles. The minimum Gasteiger partial charge on any atom is -0.481 e. The molecule has 1 aromatic carbocycles. The van der Waals surface area contributed by atoms with Crippen molar-refractivity contribution in [1.82, 2.24) is 4.31 Å². The van der Waals surface area contributed by atoms with Crippen molar-refractivity contribution in [2.45, 2.75) is 6.42 Å². The molecule has 0 aliphatic carbocycles. The van der Waals surface area contributed by atoms with Crippen LogP contribution in [0.1, 0.15) is 5.56 Å². The Morgan fingerprint density at radius 3 is 2.28 bits per heavy atom. The maximum absolute atomic E-state index is 11.7. The van der Waals surface area contributed by atoms with E-state index in [0.29, 0.717) is 0 Å². The lowest BCUT2D eigenvalue weighted by Gasteiger charge is -2.16. The third-order valence-electron chi connectivity index (χ3n) is 2.64. The van der Waals surface area contributed by atoms with Crippen LogP contribution in [0, 0.1) is 5.92 Å². The lowest BCUT2D eigenvalue weighted by atomic mass is 10.0. The molecule has 0 saturated carbocycles. The van der Waals surface area contributed by atoms with E-state index in [1.165, 1.54) is 14.1 Å². The van der Waals surface area contributed by atoms with Crippen LogP contribution in [0.5, 0.6) is 0 Å². The summed E-state index contributed by atoms with van der Waals surface area (Å²) in [7, 11) is -0.711. The summed E-state index contributed by atoms with van der Waals surface area (Å²) in [5.74, 6) is -2.41. The maximum atomic E-state index is 11.7. The van der Waals surface area contributed by atoms with Crippen molar-refractivity contribution in [3.8, 4) is 0 Å². The summed E-state index contributed by atoms with van der Waals surface area (Å²) >= 11 is 0. The number of rotatable bonds is 6. The van der Waals surface area contributed by atoms with Crippen molar-refractivity contribution >= 4 is 16.0 Å². The molecule has 0 radical (unpaired) electrons. The molecule has 0 aliphatic heterocycles. The molecule has 0 heterocycles. The average molecular weight is 271 g/mol. The van der Waals surface area contributed by atoms with Crippen LogP contribution in [-0.4, -0.2) is 43.6 Å². The first-order valence-electron chi connectivity index (χ1n) is 5.50. The van der Waals surface area contributed by atoms with Gasteiger partial charge in [-0.15, -0.1) is 0 Å². The van der Waals surface area contributed by atoms with E-state index in [0.717, 1.165) is 9.87 Å². The molecular weight excluding hydrogens is 254 g/mol. The third-order valence-corrected chi connectivity index (χ3v) is 4.58. The van der Waals surface area contributed by atoms with Crippen LogP contribution in [0.15, 0.2) is 30.3 Å². The SMILES string of the molecule is CN(C)S(=O)(=O)CC(Cc1ccccc1)C(=O)O. The Labute approximate surface area is 107 Å². The summed E-state index contributed by atoms with van der Waals surface area (Å²) in [5, 5.41) is 9.10. The van der Waals surface area contributed by atoms with E-state index in [1.807, 2.05) is 6.07 Å². The molecule has 0 spiro atoms. The topological polar surface area (TPSA) is 74.7 Å². The highest BCUT2D eigenvalue weighted by molar-refractivity contribution is 7.89. The molecule has 100 valence electrons. The van der Waals surface area contributed by atoms with E-state index in [-0.39, 0.29) is 12.2 Å². The number of nitrogens with zero attached hydrogens (tertiary/aromatic N) is 1. The number of sulfonamides is 1. The zero-order chi connectivity index (χ0) is 13.8. The van der Waals surface area contributed by atoms with E-state index < -0.39 is 21.9 Å². The number of hydrogen-bond acceptors (Lipinski definition) is 3. The van der Waals surface area contributed by atoms with Gasteiger partial charge in [0.15, 0.2) is 0 Å². The second kappa shape index (κ2) is 5.97. The maximum Gasteiger partial charge on any atom is 0.307 e. The largest absolute Gasteiger partial charge is 0.481 e. The molecule has 0 bridgehead atoms. The van der Waals surface area contributed by atoms with Crippen LogP contribution >= 0.6 is 0 Å². The summed E-state index contributed by atoms with van der Waals surface area (Å²) < 4.78 is 24.4. The van der Waals surface area contributed by atoms with Gasteiger partial charge in [0.25, 0.3) is 0 Å². The highest BCUT2D eigenvalue weighted by Gasteiger charge is 2.26. The monoisotopic (exact) mass is 271 g/mol. The Kier molecular flexibility index (Phi) is 4.86. The van der Waals surface area contributed by atoms with Gasteiger partial charge in [0.2, 0.25) is 10.0 Å². The highest BCUT2D eigenvalue weighted by atomic mass is 32.2. The molecule has 1 aromatic rings. The molecule has 0 aromatic heterocycles. The molecule has 0 amide bonds. The molecule has 6 heteroatoms. The van der Waals surface area contributed by atoms with Gasteiger partial charge in [-0.3, -0.25) is 4.79 Å². The van der Waals surface area contributed by atoms with Gasteiger partial charge >= 0.3 is 5.97 Å². The van der Waals surface area contributed by atoms with Gasteiger partial charge < -0.3 is 5.11 Å². The number of carboxylic acids is 1. The Hall–Kier alpha value is -1.40. The molecule has 18 heavy (non-hydrogen) atoms. The predicted octanol–water partition coefficient (Wildman–Crippen LogP) is 0.821. The molecule has 1 rings (SSSR count). The van der Waals surface area contributed by atoms with Crippen LogP contribution in [-0.2, 0) is 21.2 Å². The van der Waals surface area contributed by atoms with Crippen LogP contribution in [0.3, 0.4) is 0 Å². The summed E-state index contributed by atoms with van der Waals surface area (Å²) in [6.07, 6.45) is 0.212. The number of benzene rings is 1. The van der Waals surface area contributed by atoms with Crippen LogP contribution in [0.25, 0.3) is 0 Å². The minimum absolute atomic E-state index is 0.212. The van der Waals surface area contributed by atoms with E-state index in [2.05, 4.69) is 0 Å². The Morgan fingerprint density at radius 2 is 1.83 bits per heavy atom. The van der Waals surface area contributed by atoms with E-state index in [4.69, 9.17) is 5.11 Å². The normalized spacial score (nSPS) is 13.5. The standard InChI is InChI=1S/C12H17NO4S/c1-13(2)18(16,17)9-11(12(14)15)8-10-6-4-3-5-7-10/h3-7,11H,8-9H2,1-2H3,(H,14,15). The number of carbonyl (C=O) groups is 1. The van der Waals surface area contributed by atoms with Gasteiger partial charge in [-0.05, 0) is 12.0 Å². The second-order valence-corrected chi connectivity index (χ2v) is 6.51. The molecular formula is C12H17NO4S. The second-order valence-electron chi connectivity index (χ2n) is 4.29. The van der Waals surface area contributed by atoms with Crippen molar-refractivity contribution in [3.63, 3.8) is 0 Å². The van der Waals surface area contributed by atoms with Gasteiger partial charge in [-0.1, -0.05) is 30.3 Å². The van der Waals surface area contributed by atoms with Gasteiger partial charge in [0, 0.05) is 14.1 Å². The fourth-order valence-corrected chi connectivity index (χ4v) is 2.59. The number of carboxylic acid groups (broad SMARTS) is 1. The fraction of sp³-hybridized carbons (Fsp3) is 0.417. The first-order valence-corrected chi connectivity index (χ1v) is 7.11. The van der Waals surface area contributed by atoms with Gasteiger partial charge in [-0.2, -0.15) is 0 Å². The summed E-state index contributed by atoms with van der Waals surface area (Å²) in [4.78, 5) is 11.1. The van der Waals surface area contributed by atoms with Crippen molar-refractivity contribution in [2.75, 3.05) is 19.8 Å². The minimum atomic E-state index is -3.51. The zero-order valence-corrected chi connectivity index (χ0v) is 11.2. The third kappa shape index (κ3) is 4.12. The van der Waals surface area contributed by atoms with Crippen molar-refractivity contribution < 1.29 is 18.3 Å². The van der Waals surface area contributed by atoms with Gasteiger partial charge in [0.05, 0.1) is 11.7 Å². The van der Waals surface area contributed by atoms with E-state index in [1.54, 1.807) is 24.3 Å². The average Bonchev–Trinajstić information content (AvgIpc) is 2.29. The summed E-state index contributed by atoms with van der Waals surface area (Å²) in [5.41, 5.74) is 0.818. The number of hydrogen-bond donors (Lipinski definition) is 1. The zero-order valence-electron chi connectivity index (χ0n) is 10.4. The molecule has 5 nitrogen and oxygen atoms in total. The fourth-order valence-electron chi connectivity index (χ4n) is 1.52. The smallest absolute Gasteiger partial charge is 0.307 e. The first-order chi connectivity index (χ1) is 8.33. The van der Waals surface area contributed by atoms with Crippen LogP contribution in [0.4, 0.5) is 0 Å². The molecule has 1 N–H and O–H groups in total. The molecule has 0 fully saturated rings. The lowest BCUT2D eigenvalue weighted by Crippen LogP contribution is -2.33. The van der Waals surface area contributed by atoms with Crippen LogP contribution < -0.4 is 0 Å². The van der Waals surface area contributed by atoms with Crippen LogP contribution in [0.2, 0.25) is 0 Å². The van der Waals surface area contributed by atoms with Crippen molar-refractivity contribution in [2.24, 2.45) is 5.92 Å². The summed E-state index contributed by atoms with van der Waals surface area (Å²) in [6.45, 7) is 0. The highest BCUT2D eigenvalue weighted by Crippen LogP contribution is 2.13. The Balaban J connectivity index is 2.83. The van der Waals surface area contributed by atoms with Crippen molar-refractivity contribution in [1.29, 1.82) is 0 Å².